The Hall–Kier alpha value is -0.940. The van der Waals surface area contributed by atoms with Crippen molar-refractivity contribution in [1.82, 2.24) is 0 Å². The molecule has 3 rings (SSSR count). The third-order valence-electron chi connectivity index (χ3n) is 4.35. The zero-order chi connectivity index (χ0) is 17.4. The Morgan fingerprint density at radius 1 is 1.08 bits per heavy atom. The summed E-state index contributed by atoms with van der Waals surface area (Å²) in [7, 11) is 0. The minimum Gasteiger partial charge on any atom is -0.348 e. The van der Waals surface area contributed by atoms with E-state index in [0.29, 0.717) is 6.61 Å². The lowest BCUT2D eigenvalue weighted by molar-refractivity contribution is -0.215. The topological polar surface area (TPSA) is 46.2 Å². The summed E-state index contributed by atoms with van der Waals surface area (Å²) in [5, 5.41) is 0. The third-order valence-corrected chi connectivity index (χ3v) is 4.35. The van der Waals surface area contributed by atoms with Crippen molar-refractivity contribution in [2.24, 2.45) is 0 Å². The SMILES string of the molecule is C=CCCCC=C=C1[C@H]2OC(C)(C)O[C@H]2O[C@@H]1[C@H]1COC(C)(C)O1. The molecular weight excluding hydrogens is 308 g/mol. The first kappa shape index (κ1) is 17.9. The molecule has 0 radical (unpaired) electrons. The molecule has 0 saturated carbocycles. The molecule has 3 aliphatic rings. The van der Waals surface area contributed by atoms with Gasteiger partial charge in [-0.25, -0.2) is 0 Å². The number of hydrogen-bond donors (Lipinski definition) is 0. The van der Waals surface area contributed by atoms with Gasteiger partial charge in [0, 0.05) is 5.57 Å². The Labute approximate surface area is 144 Å². The first-order chi connectivity index (χ1) is 11.3. The lowest BCUT2D eigenvalue weighted by atomic mass is 10.0. The molecular formula is C19H28O5. The van der Waals surface area contributed by atoms with Crippen LogP contribution in [0.3, 0.4) is 0 Å². The van der Waals surface area contributed by atoms with E-state index in [1.165, 1.54) is 0 Å². The molecule has 5 heteroatoms. The Bertz CT molecular complexity index is 544. The van der Waals surface area contributed by atoms with Crippen molar-refractivity contribution in [1.29, 1.82) is 0 Å². The first-order valence-corrected chi connectivity index (χ1v) is 8.70. The van der Waals surface area contributed by atoms with Crippen LogP contribution in [0.1, 0.15) is 47.0 Å². The fraction of sp³-hybridized carbons (Fsp3) is 0.737. The second kappa shape index (κ2) is 6.75. The number of ether oxygens (including phenoxy) is 5. The van der Waals surface area contributed by atoms with Crippen LogP contribution in [0.15, 0.2) is 30.0 Å². The summed E-state index contributed by atoms with van der Waals surface area (Å²) in [6.45, 7) is 11.8. The molecule has 0 amide bonds. The quantitative estimate of drug-likeness (QED) is 0.437. The number of rotatable bonds is 5. The van der Waals surface area contributed by atoms with Crippen molar-refractivity contribution in [2.45, 2.75) is 83.1 Å². The van der Waals surface area contributed by atoms with Crippen molar-refractivity contribution < 1.29 is 23.7 Å². The van der Waals surface area contributed by atoms with Crippen molar-refractivity contribution in [3.63, 3.8) is 0 Å². The first-order valence-electron chi connectivity index (χ1n) is 8.70. The second-order valence-electron chi connectivity index (χ2n) is 7.37. The second-order valence-corrected chi connectivity index (χ2v) is 7.37. The summed E-state index contributed by atoms with van der Waals surface area (Å²) in [6.07, 6.45) is 5.89. The van der Waals surface area contributed by atoms with E-state index in [1.54, 1.807) is 0 Å². The summed E-state index contributed by atoms with van der Waals surface area (Å²) < 4.78 is 29.7. The van der Waals surface area contributed by atoms with Crippen LogP contribution in [0, 0.1) is 0 Å². The van der Waals surface area contributed by atoms with Crippen LogP contribution >= 0.6 is 0 Å². The zero-order valence-corrected chi connectivity index (χ0v) is 15.0. The van der Waals surface area contributed by atoms with Crippen LogP contribution in [0.5, 0.6) is 0 Å². The predicted molar refractivity (Wildman–Crippen MR) is 89.2 cm³/mol. The third kappa shape index (κ3) is 3.83. The molecule has 0 aromatic heterocycles. The average Bonchev–Trinajstić information content (AvgIpc) is 3.09. The van der Waals surface area contributed by atoms with Gasteiger partial charge in [0.1, 0.15) is 18.3 Å². The van der Waals surface area contributed by atoms with Crippen molar-refractivity contribution in [2.75, 3.05) is 6.61 Å². The van der Waals surface area contributed by atoms with Gasteiger partial charge in [-0.3, -0.25) is 0 Å². The van der Waals surface area contributed by atoms with Crippen LogP contribution < -0.4 is 0 Å². The summed E-state index contributed by atoms with van der Waals surface area (Å²) >= 11 is 0. The highest BCUT2D eigenvalue weighted by molar-refractivity contribution is 5.23. The predicted octanol–water partition coefficient (Wildman–Crippen LogP) is 3.45. The Balaban J connectivity index is 1.78. The molecule has 0 aromatic rings. The van der Waals surface area contributed by atoms with E-state index in [-0.39, 0.29) is 18.3 Å². The average molecular weight is 336 g/mol. The summed E-state index contributed by atoms with van der Waals surface area (Å²) in [6, 6.07) is 0. The molecule has 3 aliphatic heterocycles. The van der Waals surface area contributed by atoms with Gasteiger partial charge >= 0.3 is 0 Å². The van der Waals surface area contributed by atoms with Crippen LogP contribution in [0.25, 0.3) is 0 Å². The molecule has 134 valence electrons. The monoisotopic (exact) mass is 336 g/mol. The van der Waals surface area contributed by atoms with Crippen LogP contribution in [-0.2, 0) is 23.7 Å². The molecule has 0 N–H and O–H groups in total. The van der Waals surface area contributed by atoms with E-state index >= 15 is 0 Å². The van der Waals surface area contributed by atoms with E-state index < -0.39 is 17.9 Å². The number of allylic oxidation sites excluding steroid dienone is 1. The summed E-state index contributed by atoms with van der Waals surface area (Å²) in [5.74, 6) is -1.24. The molecule has 0 aromatic carbocycles. The van der Waals surface area contributed by atoms with E-state index in [2.05, 4.69) is 12.3 Å². The lowest BCUT2D eigenvalue weighted by Gasteiger charge is -2.24. The van der Waals surface area contributed by atoms with Gasteiger partial charge in [0.25, 0.3) is 0 Å². The Morgan fingerprint density at radius 3 is 2.54 bits per heavy atom. The molecule has 3 fully saturated rings. The highest BCUT2D eigenvalue weighted by Gasteiger charge is 2.55. The minimum atomic E-state index is -0.650. The molecule has 3 saturated heterocycles. The van der Waals surface area contributed by atoms with Gasteiger partial charge in [0.05, 0.1) is 6.61 Å². The summed E-state index contributed by atoms with van der Waals surface area (Å²) in [4.78, 5) is 0. The van der Waals surface area contributed by atoms with Gasteiger partial charge in [-0.1, -0.05) is 6.08 Å². The zero-order valence-electron chi connectivity index (χ0n) is 15.0. The van der Waals surface area contributed by atoms with Crippen LogP contribution in [0.4, 0.5) is 0 Å². The maximum Gasteiger partial charge on any atom is 0.192 e. The number of unbranched alkanes of at least 4 members (excludes halogenated alkanes) is 2. The summed E-state index contributed by atoms with van der Waals surface area (Å²) in [5.41, 5.74) is 4.35. The fourth-order valence-corrected chi connectivity index (χ4v) is 3.29. The molecule has 5 nitrogen and oxygen atoms in total. The molecule has 3 heterocycles. The lowest BCUT2D eigenvalue weighted by Crippen LogP contribution is -2.34. The molecule has 24 heavy (non-hydrogen) atoms. The number of fused-ring (bicyclic) bond motifs is 1. The van der Waals surface area contributed by atoms with Gasteiger partial charge in [-0.15, -0.1) is 12.3 Å². The Morgan fingerprint density at radius 2 is 1.88 bits per heavy atom. The molecule has 0 unspecified atom stereocenters. The van der Waals surface area contributed by atoms with Crippen molar-refractivity contribution >= 4 is 0 Å². The van der Waals surface area contributed by atoms with E-state index in [4.69, 9.17) is 23.7 Å². The maximum atomic E-state index is 6.10. The van der Waals surface area contributed by atoms with E-state index in [1.807, 2.05) is 39.8 Å². The highest BCUT2D eigenvalue weighted by atomic mass is 16.8. The van der Waals surface area contributed by atoms with Gasteiger partial charge in [-0.05, 0) is 53.0 Å². The molecule has 4 atom stereocenters. The minimum absolute atomic E-state index is 0.176. The van der Waals surface area contributed by atoms with E-state index in [9.17, 15) is 0 Å². The van der Waals surface area contributed by atoms with Gasteiger partial charge in [-0.2, -0.15) is 0 Å². The van der Waals surface area contributed by atoms with E-state index in [0.717, 1.165) is 24.8 Å². The molecule has 0 aliphatic carbocycles. The van der Waals surface area contributed by atoms with Crippen molar-refractivity contribution in [3.05, 3.63) is 30.0 Å². The molecule has 0 bridgehead atoms. The van der Waals surface area contributed by atoms with Crippen LogP contribution in [0.2, 0.25) is 0 Å². The largest absolute Gasteiger partial charge is 0.348 e. The molecule has 0 spiro atoms. The standard InChI is InChI=1S/C19H28O5/c1-6-7-8-9-10-11-13-15(14-12-20-18(2,3)22-14)21-17-16(13)23-19(4,5)24-17/h6,10,14-17H,1,7-9,12H2,2-5H3/t11?,14-,15+,16-,17-/m1/s1. The van der Waals surface area contributed by atoms with Crippen LogP contribution in [-0.4, -0.2) is 42.8 Å². The normalized spacial score (nSPS) is 36.4. The smallest absolute Gasteiger partial charge is 0.192 e. The maximum absolute atomic E-state index is 6.10. The van der Waals surface area contributed by atoms with Gasteiger partial charge in [0.15, 0.2) is 17.9 Å². The van der Waals surface area contributed by atoms with Gasteiger partial charge < -0.3 is 23.7 Å². The fourth-order valence-electron chi connectivity index (χ4n) is 3.29. The number of hydrogen-bond acceptors (Lipinski definition) is 5. The Kier molecular flexibility index (Phi) is 5.03. The van der Waals surface area contributed by atoms with Crippen molar-refractivity contribution in [3.8, 4) is 0 Å². The van der Waals surface area contributed by atoms with Gasteiger partial charge in [0.2, 0.25) is 0 Å². The highest BCUT2D eigenvalue weighted by Crippen LogP contribution is 2.43.